The lowest BCUT2D eigenvalue weighted by molar-refractivity contribution is -0.143. The maximum Gasteiger partial charge on any atom is 0.331 e. The highest BCUT2D eigenvalue weighted by Crippen LogP contribution is 2.16. The van der Waals surface area contributed by atoms with E-state index in [4.69, 9.17) is 10.5 Å². The van der Waals surface area contributed by atoms with Crippen molar-refractivity contribution >= 4 is 40.6 Å². The van der Waals surface area contributed by atoms with Crippen LogP contribution in [0.1, 0.15) is 12.1 Å². The first-order valence-electron chi connectivity index (χ1n) is 9.33. The molecule has 1 heterocycles. The van der Waals surface area contributed by atoms with Gasteiger partial charge in [-0.25, -0.2) is 14.2 Å². The molecule has 0 spiro atoms. The number of carbonyl (C=O) groups excluding carboxylic acids is 3. The second-order valence-corrected chi connectivity index (χ2v) is 6.46. The molecule has 1 aromatic heterocycles. The SMILES string of the molecule is NC(=O)CCN(C(=O)COC(=O)/C=C/c1cnc2ccccc2n1)c1ccc(F)cc1. The van der Waals surface area contributed by atoms with E-state index in [1.165, 1.54) is 41.4 Å². The fraction of sp³-hybridized carbons (Fsp3) is 0.136. The highest BCUT2D eigenvalue weighted by molar-refractivity contribution is 5.97. The summed E-state index contributed by atoms with van der Waals surface area (Å²) in [4.78, 5) is 45.4. The number of hydrogen-bond donors (Lipinski definition) is 1. The molecule has 0 saturated carbocycles. The van der Waals surface area contributed by atoms with Crippen LogP contribution in [0.25, 0.3) is 17.1 Å². The van der Waals surface area contributed by atoms with Crippen LogP contribution in [-0.2, 0) is 19.1 Å². The monoisotopic (exact) mass is 422 g/mol. The van der Waals surface area contributed by atoms with Gasteiger partial charge in [0.2, 0.25) is 5.91 Å². The van der Waals surface area contributed by atoms with Crippen molar-refractivity contribution in [2.24, 2.45) is 5.73 Å². The number of halogens is 1. The Hall–Kier alpha value is -4.14. The van der Waals surface area contributed by atoms with Crippen LogP contribution in [0.5, 0.6) is 0 Å². The first-order chi connectivity index (χ1) is 14.9. The minimum atomic E-state index is -0.753. The standard InChI is InChI=1S/C22H19FN4O4/c23-15-5-8-17(9-6-15)27(12-11-20(24)28)21(29)14-31-22(30)10-7-16-13-25-18-3-1-2-4-19(18)26-16/h1-10,13H,11-12,14H2,(H2,24,28)/b10-7+. The molecule has 0 aliphatic heterocycles. The minimum absolute atomic E-state index is 0.0279. The number of fused-ring (bicyclic) bond motifs is 1. The van der Waals surface area contributed by atoms with Gasteiger partial charge in [-0.05, 0) is 42.5 Å². The molecular weight excluding hydrogens is 403 g/mol. The smallest absolute Gasteiger partial charge is 0.331 e. The highest BCUT2D eigenvalue weighted by atomic mass is 19.1. The molecule has 0 fully saturated rings. The van der Waals surface area contributed by atoms with Crippen molar-refractivity contribution in [1.82, 2.24) is 9.97 Å². The van der Waals surface area contributed by atoms with Crippen LogP contribution in [-0.4, -0.2) is 40.9 Å². The van der Waals surface area contributed by atoms with Gasteiger partial charge in [0, 0.05) is 24.7 Å². The molecular formula is C22H19FN4O4. The summed E-state index contributed by atoms with van der Waals surface area (Å²) in [5, 5.41) is 0. The van der Waals surface area contributed by atoms with Gasteiger partial charge >= 0.3 is 5.97 Å². The summed E-state index contributed by atoms with van der Waals surface area (Å²) in [5.74, 6) is -2.41. The molecule has 3 rings (SSSR count). The lowest BCUT2D eigenvalue weighted by atomic mass is 10.2. The molecule has 31 heavy (non-hydrogen) atoms. The molecule has 0 aliphatic carbocycles. The number of anilines is 1. The summed E-state index contributed by atoms with van der Waals surface area (Å²) in [6, 6.07) is 12.4. The van der Waals surface area contributed by atoms with E-state index in [9.17, 15) is 18.8 Å². The van der Waals surface area contributed by atoms with Crippen LogP contribution in [0.4, 0.5) is 10.1 Å². The molecule has 0 saturated heterocycles. The average molecular weight is 422 g/mol. The van der Waals surface area contributed by atoms with Gasteiger partial charge in [-0.15, -0.1) is 0 Å². The maximum absolute atomic E-state index is 13.2. The normalized spacial score (nSPS) is 10.9. The van der Waals surface area contributed by atoms with E-state index >= 15 is 0 Å². The third-order valence-electron chi connectivity index (χ3n) is 4.22. The first kappa shape index (κ1) is 21.6. The molecule has 2 aromatic carbocycles. The summed E-state index contributed by atoms with van der Waals surface area (Å²) in [6.45, 7) is -0.595. The van der Waals surface area contributed by atoms with Crippen molar-refractivity contribution in [3.8, 4) is 0 Å². The molecule has 3 aromatic rings. The molecule has 158 valence electrons. The van der Waals surface area contributed by atoms with Gasteiger partial charge in [-0.3, -0.25) is 14.6 Å². The van der Waals surface area contributed by atoms with Crippen molar-refractivity contribution in [3.05, 3.63) is 72.3 Å². The number of hydrogen-bond acceptors (Lipinski definition) is 6. The molecule has 2 amide bonds. The Morgan fingerprint density at radius 1 is 1.06 bits per heavy atom. The van der Waals surface area contributed by atoms with Crippen molar-refractivity contribution in [2.45, 2.75) is 6.42 Å². The number of carbonyl (C=O) groups is 3. The Morgan fingerprint density at radius 2 is 1.77 bits per heavy atom. The molecule has 0 atom stereocenters. The van der Waals surface area contributed by atoms with Crippen molar-refractivity contribution in [2.75, 3.05) is 18.1 Å². The zero-order chi connectivity index (χ0) is 22.2. The maximum atomic E-state index is 13.2. The van der Waals surface area contributed by atoms with Gasteiger partial charge in [-0.1, -0.05) is 12.1 Å². The number of aromatic nitrogens is 2. The van der Waals surface area contributed by atoms with E-state index in [-0.39, 0.29) is 13.0 Å². The zero-order valence-corrected chi connectivity index (χ0v) is 16.4. The van der Waals surface area contributed by atoms with E-state index < -0.39 is 30.2 Å². The quantitative estimate of drug-likeness (QED) is 0.440. The van der Waals surface area contributed by atoms with Crippen molar-refractivity contribution in [3.63, 3.8) is 0 Å². The lowest BCUT2D eigenvalue weighted by Crippen LogP contribution is -2.37. The summed E-state index contributed by atoms with van der Waals surface area (Å²) >= 11 is 0. The van der Waals surface area contributed by atoms with Gasteiger partial charge < -0.3 is 15.4 Å². The Bertz CT molecular complexity index is 1130. The number of nitrogens with two attached hydrogens (primary N) is 1. The Balaban J connectivity index is 1.61. The number of benzene rings is 2. The summed E-state index contributed by atoms with van der Waals surface area (Å²) in [5.41, 5.74) is 7.36. The third-order valence-corrected chi connectivity index (χ3v) is 4.22. The molecule has 8 nitrogen and oxygen atoms in total. The number of primary amides is 1. The first-order valence-corrected chi connectivity index (χ1v) is 9.33. The predicted octanol–water partition coefficient (Wildman–Crippen LogP) is 2.23. The largest absolute Gasteiger partial charge is 0.452 e. The van der Waals surface area contributed by atoms with Gasteiger partial charge in [0.25, 0.3) is 5.91 Å². The van der Waals surface area contributed by atoms with Gasteiger partial charge in [0.1, 0.15) is 5.82 Å². The number of amides is 2. The molecule has 0 radical (unpaired) electrons. The van der Waals surface area contributed by atoms with Gasteiger partial charge in [0.05, 0.1) is 22.9 Å². The van der Waals surface area contributed by atoms with E-state index in [0.717, 1.165) is 11.6 Å². The van der Waals surface area contributed by atoms with E-state index in [1.54, 1.807) is 6.07 Å². The molecule has 2 N–H and O–H groups in total. The fourth-order valence-corrected chi connectivity index (χ4v) is 2.70. The lowest BCUT2D eigenvalue weighted by Gasteiger charge is -2.22. The van der Waals surface area contributed by atoms with Crippen LogP contribution < -0.4 is 10.6 Å². The van der Waals surface area contributed by atoms with Crippen LogP contribution in [0.2, 0.25) is 0 Å². The second-order valence-electron chi connectivity index (χ2n) is 6.46. The van der Waals surface area contributed by atoms with Gasteiger partial charge in [0.15, 0.2) is 6.61 Å². The fourth-order valence-electron chi connectivity index (χ4n) is 2.70. The number of ether oxygens (including phenoxy) is 1. The highest BCUT2D eigenvalue weighted by Gasteiger charge is 2.18. The third kappa shape index (κ3) is 6.17. The number of nitrogens with zero attached hydrogens (tertiary/aromatic N) is 3. The number of esters is 1. The van der Waals surface area contributed by atoms with Gasteiger partial charge in [-0.2, -0.15) is 0 Å². The Kier molecular flexibility index (Phi) is 7.00. The topological polar surface area (TPSA) is 115 Å². The Labute approximate surface area is 177 Å². The van der Waals surface area contributed by atoms with Crippen LogP contribution in [0, 0.1) is 5.82 Å². The predicted molar refractivity (Wildman–Crippen MR) is 112 cm³/mol. The number of rotatable bonds is 8. The number of para-hydroxylation sites is 2. The van der Waals surface area contributed by atoms with E-state index in [1.807, 2.05) is 18.2 Å². The average Bonchev–Trinajstić information content (AvgIpc) is 2.77. The van der Waals surface area contributed by atoms with E-state index in [2.05, 4.69) is 9.97 Å². The van der Waals surface area contributed by atoms with Crippen LogP contribution in [0.15, 0.2) is 60.8 Å². The molecule has 9 heteroatoms. The molecule has 0 bridgehead atoms. The van der Waals surface area contributed by atoms with Crippen LogP contribution >= 0.6 is 0 Å². The Morgan fingerprint density at radius 3 is 2.48 bits per heavy atom. The van der Waals surface area contributed by atoms with Crippen molar-refractivity contribution in [1.29, 1.82) is 0 Å². The summed E-state index contributed by atoms with van der Waals surface area (Å²) in [7, 11) is 0. The van der Waals surface area contributed by atoms with Crippen LogP contribution in [0.3, 0.4) is 0 Å². The zero-order valence-electron chi connectivity index (χ0n) is 16.4. The molecule has 0 unspecified atom stereocenters. The summed E-state index contributed by atoms with van der Waals surface area (Å²) in [6.07, 6.45) is 3.98. The molecule has 0 aliphatic rings. The van der Waals surface area contributed by atoms with E-state index in [0.29, 0.717) is 16.9 Å². The second kappa shape index (κ2) is 10.1. The summed E-state index contributed by atoms with van der Waals surface area (Å²) < 4.78 is 18.2. The minimum Gasteiger partial charge on any atom is -0.452 e. The van der Waals surface area contributed by atoms with Crippen molar-refractivity contribution < 1.29 is 23.5 Å².